The lowest BCUT2D eigenvalue weighted by Gasteiger charge is -2.26. The summed E-state index contributed by atoms with van der Waals surface area (Å²) in [4.78, 5) is 35.9. The van der Waals surface area contributed by atoms with Gasteiger partial charge in [-0.3, -0.25) is 9.36 Å². The molecule has 5 N–H and O–H groups in total. The van der Waals surface area contributed by atoms with Crippen LogP contribution < -0.4 is 11.1 Å². The molecule has 186 valence electrons. The highest BCUT2D eigenvalue weighted by Gasteiger charge is 2.36. The summed E-state index contributed by atoms with van der Waals surface area (Å²) in [7, 11) is -4.02. The molecule has 0 fully saturated rings. The molecule has 4 atom stereocenters. The van der Waals surface area contributed by atoms with E-state index >= 15 is 0 Å². The molecule has 7 nitrogen and oxygen atoms in total. The summed E-state index contributed by atoms with van der Waals surface area (Å²) in [6, 6.07) is 25.5. The van der Waals surface area contributed by atoms with Crippen molar-refractivity contribution in [2.45, 2.75) is 24.7 Å². The zero-order valence-corrected chi connectivity index (χ0v) is 21.7. The minimum Gasteiger partial charge on any atom is -0.480 e. The van der Waals surface area contributed by atoms with E-state index < -0.39 is 37.0 Å². The SMILES string of the molecule is Br.NC(c1ccccc1)P(=O)(O)CC(Cc1ccccc1)C(=O)N[C@@H](Cc1ccccc1)C(=O)O. The minimum absolute atomic E-state index is 0. The summed E-state index contributed by atoms with van der Waals surface area (Å²) >= 11 is 0. The Hall–Kier alpha value is -2.77. The molecule has 0 saturated carbocycles. The molecule has 0 radical (unpaired) electrons. The fourth-order valence-electron chi connectivity index (χ4n) is 3.79. The van der Waals surface area contributed by atoms with E-state index in [0.717, 1.165) is 11.1 Å². The van der Waals surface area contributed by atoms with E-state index in [1.807, 2.05) is 36.4 Å². The highest BCUT2D eigenvalue weighted by atomic mass is 79.9. The van der Waals surface area contributed by atoms with E-state index in [4.69, 9.17) is 5.73 Å². The van der Waals surface area contributed by atoms with Crippen LogP contribution in [0.4, 0.5) is 0 Å². The lowest BCUT2D eigenvalue weighted by atomic mass is 9.99. The van der Waals surface area contributed by atoms with Crippen LogP contribution in [0, 0.1) is 5.92 Å². The van der Waals surface area contributed by atoms with Crippen LogP contribution in [0.1, 0.15) is 22.5 Å². The molecule has 0 saturated heterocycles. The Labute approximate surface area is 215 Å². The molecule has 0 aliphatic heterocycles. The summed E-state index contributed by atoms with van der Waals surface area (Å²) in [6.45, 7) is 0. The van der Waals surface area contributed by atoms with Gasteiger partial charge in [0.15, 0.2) is 0 Å². The first-order valence-electron chi connectivity index (χ1n) is 11.0. The first-order valence-corrected chi connectivity index (χ1v) is 12.9. The molecule has 3 rings (SSSR count). The highest BCUT2D eigenvalue weighted by molar-refractivity contribution is 8.93. The van der Waals surface area contributed by atoms with Crippen molar-refractivity contribution in [3.8, 4) is 0 Å². The first kappa shape index (κ1) is 28.5. The van der Waals surface area contributed by atoms with Crippen molar-refractivity contribution in [1.82, 2.24) is 5.32 Å². The number of rotatable bonds is 11. The Bertz CT molecular complexity index is 1130. The predicted molar refractivity (Wildman–Crippen MR) is 142 cm³/mol. The van der Waals surface area contributed by atoms with Crippen LogP contribution in [0.3, 0.4) is 0 Å². The Balaban J connectivity index is 0.00000432. The molecule has 35 heavy (non-hydrogen) atoms. The van der Waals surface area contributed by atoms with E-state index in [1.54, 1.807) is 54.6 Å². The summed E-state index contributed by atoms with van der Waals surface area (Å²) in [5.41, 5.74) is 8.18. The van der Waals surface area contributed by atoms with Crippen LogP contribution in [0.2, 0.25) is 0 Å². The third-order valence-electron chi connectivity index (χ3n) is 5.65. The van der Waals surface area contributed by atoms with Crippen LogP contribution in [-0.4, -0.2) is 34.1 Å². The lowest BCUT2D eigenvalue weighted by Crippen LogP contribution is -2.46. The Morgan fingerprint density at radius 2 is 1.29 bits per heavy atom. The smallest absolute Gasteiger partial charge is 0.326 e. The van der Waals surface area contributed by atoms with Crippen LogP contribution in [0.25, 0.3) is 0 Å². The largest absolute Gasteiger partial charge is 0.480 e. The van der Waals surface area contributed by atoms with Gasteiger partial charge in [-0.05, 0) is 23.1 Å². The first-order chi connectivity index (χ1) is 16.3. The van der Waals surface area contributed by atoms with Crippen LogP contribution in [0.15, 0.2) is 91.0 Å². The third-order valence-corrected chi connectivity index (χ3v) is 7.78. The van der Waals surface area contributed by atoms with Gasteiger partial charge >= 0.3 is 5.97 Å². The van der Waals surface area contributed by atoms with Gasteiger partial charge in [-0.1, -0.05) is 91.0 Å². The molecule has 3 aromatic carbocycles. The number of halogens is 1. The summed E-state index contributed by atoms with van der Waals surface area (Å²) in [5, 5.41) is 12.3. The number of benzene rings is 3. The number of carboxylic acid groups (broad SMARTS) is 1. The van der Waals surface area contributed by atoms with E-state index in [2.05, 4.69) is 5.32 Å². The van der Waals surface area contributed by atoms with Crippen LogP contribution >= 0.6 is 24.4 Å². The molecule has 0 aromatic heterocycles. The van der Waals surface area contributed by atoms with Crippen LogP contribution in [-0.2, 0) is 27.0 Å². The van der Waals surface area contributed by atoms with Crippen molar-refractivity contribution < 1.29 is 24.2 Å². The van der Waals surface area contributed by atoms with Crippen molar-refractivity contribution in [3.63, 3.8) is 0 Å². The molecular weight excluding hydrogens is 531 g/mol. The Morgan fingerprint density at radius 1 is 0.829 bits per heavy atom. The summed E-state index contributed by atoms with van der Waals surface area (Å²) in [5.74, 6) is -3.87. The molecule has 0 spiro atoms. The molecule has 0 aliphatic rings. The molecule has 1 amide bonds. The van der Waals surface area contributed by atoms with Gasteiger partial charge in [0.1, 0.15) is 11.8 Å². The normalized spacial score (nSPS) is 15.0. The maximum Gasteiger partial charge on any atom is 0.326 e. The summed E-state index contributed by atoms with van der Waals surface area (Å²) < 4.78 is 13.3. The average molecular weight is 561 g/mol. The topological polar surface area (TPSA) is 130 Å². The zero-order chi connectivity index (χ0) is 24.6. The fraction of sp³-hybridized carbons (Fsp3) is 0.231. The molecule has 3 unspecified atom stereocenters. The maximum absolute atomic E-state index is 13.3. The van der Waals surface area contributed by atoms with Crippen molar-refractivity contribution in [1.29, 1.82) is 0 Å². The van der Waals surface area contributed by atoms with E-state index in [0.29, 0.717) is 5.56 Å². The molecule has 0 heterocycles. The minimum atomic E-state index is -4.02. The van der Waals surface area contributed by atoms with Gasteiger partial charge in [0.25, 0.3) is 0 Å². The maximum atomic E-state index is 13.3. The third kappa shape index (κ3) is 8.44. The van der Waals surface area contributed by atoms with Crippen molar-refractivity contribution in [2.75, 3.05) is 6.16 Å². The average Bonchev–Trinajstić information content (AvgIpc) is 2.84. The van der Waals surface area contributed by atoms with Gasteiger partial charge in [0.05, 0.1) is 5.92 Å². The van der Waals surface area contributed by atoms with Crippen molar-refractivity contribution in [2.24, 2.45) is 11.7 Å². The molecule has 0 aliphatic carbocycles. The second-order valence-corrected chi connectivity index (χ2v) is 10.7. The van der Waals surface area contributed by atoms with E-state index in [9.17, 15) is 24.2 Å². The highest BCUT2D eigenvalue weighted by Crippen LogP contribution is 2.54. The second-order valence-electron chi connectivity index (χ2n) is 8.27. The van der Waals surface area contributed by atoms with Crippen molar-refractivity contribution in [3.05, 3.63) is 108 Å². The molecule has 9 heteroatoms. The van der Waals surface area contributed by atoms with Crippen molar-refractivity contribution >= 4 is 36.2 Å². The second kappa shape index (κ2) is 13.4. The van der Waals surface area contributed by atoms with Gasteiger partial charge in [0.2, 0.25) is 13.3 Å². The standard InChI is InChI=1S/C26H29N2O5P.BrH/c27-24(21-14-8-3-9-15-21)34(32,33)18-22(16-19-10-4-1-5-11-19)25(29)28-23(26(30)31)17-20-12-6-2-7-13-20;/h1-15,22-24H,16-18,27H2,(H,28,29)(H,30,31)(H,32,33);1H/t22?,23-,24?;/m0./s1. The summed E-state index contributed by atoms with van der Waals surface area (Å²) in [6.07, 6.45) is -0.0990. The van der Waals surface area contributed by atoms with Gasteiger partial charge in [0, 0.05) is 12.6 Å². The Morgan fingerprint density at radius 3 is 1.77 bits per heavy atom. The number of amides is 1. The monoisotopic (exact) mass is 560 g/mol. The predicted octanol–water partition coefficient (Wildman–Crippen LogP) is 4.16. The number of aliphatic carboxylic acids is 1. The molecule has 0 bridgehead atoms. The number of hydrogen-bond acceptors (Lipinski definition) is 4. The molecule has 3 aromatic rings. The number of nitrogens with one attached hydrogen (secondary N) is 1. The van der Waals surface area contributed by atoms with Gasteiger partial charge < -0.3 is 21.1 Å². The number of carbonyl (C=O) groups excluding carboxylic acids is 1. The molecular formula is C26H30BrN2O5P. The fourth-order valence-corrected chi connectivity index (χ4v) is 5.58. The number of nitrogens with two attached hydrogens (primary N) is 1. The van der Waals surface area contributed by atoms with Gasteiger partial charge in [-0.2, -0.15) is 0 Å². The van der Waals surface area contributed by atoms with Crippen LogP contribution in [0.5, 0.6) is 0 Å². The van der Waals surface area contributed by atoms with Gasteiger partial charge in [-0.25, -0.2) is 4.79 Å². The lowest BCUT2D eigenvalue weighted by molar-refractivity contribution is -0.142. The quantitative estimate of drug-likeness (QED) is 0.260. The number of carboxylic acids is 1. The number of carbonyl (C=O) groups is 2. The number of hydrogen-bond donors (Lipinski definition) is 4. The van der Waals surface area contributed by atoms with Gasteiger partial charge in [-0.15, -0.1) is 17.0 Å². The Kier molecular flexibility index (Phi) is 10.9. The zero-order valence-electron chi connectivity index (χ0n) is 19.1. The van der Waals surface area contributed by atoms with E-state index in [1.165, 1.54) is 0 Å². The van der Waals surface area contributed by atoms with E-state index in [-0.39, 0.29) is 36.0 Å².